The fourth-order valence-electron chi connectivity index (χ4n) is 3.15. The fraction of sp³-hybridized carbons (Fsp3) is 0.591. The molecule has 0 saturated carbocycles. The normalized spacial score (nSPS) is 16.0. The standard InChI is InChI=1S/C18H28N4S.2C2HF3O2/c1-13(2)20(5)11-16-10-19-18-15(4)21(8-9-22(16)18)12-17-7-6-14(3)23-17;2*3-2(4,5)1(6)7/h6-7,10,13,15H,8-9,11-12H2,1-5H3;2*(H,6,7). The van der Waals surface area contributed by atoms with E-state index >= 15 is 0 Å². The molecule has 1 aliphatic rings. The molecule has 0 amide bonds. The highest BCUT2D eigenvalue weighted by Gasteiger charge is 2.38. The van der Waals surface area contributed by atoms with Crippen LogP contribution in [0.3, 0.4) is 0 Å². The molecule has 210 valence electrons. The highest BCUT2D eigenvalue weighted by molar-refractivity contribution is 7.11. The van der Waals surface area contributed by atoms with Crippen LogP contribution >= 0.6 is 11.3 Å². The summed E-state index contributed by atoms with van der Waals surface area (Å²) < 4.78 is 65.9. The van der Waals surface area contributed by atoms with Gasteiger partial charge in [-0.1, -0.05) is 0 Å². The van der Waals surface area contributed by atoms with Crippen LogP contribution in [-0.2, 0) is 29.2 Å². The van der Waals surface area contributed by atoms with Gasteiger partial charge in [-0.3, -0.25) is 9.80 Å². The molecule has 0 saturated heterocycles. The number of hydrogen-bond acceptors (Lipinski definition) is 6. The van der Waals surface area contributed by atoms with Gasteiger partial charge in [-0.2, -0.15) is 26.3 Å². The van der Waals surface area contributed by atoms with Crippen molar-refractivity contribution in [1.82, 2.24) is 19.4 Å². The zero-order valence-electron chi connectivity index (χ0n) is 20.9. The minimum absolute atomic E-state index is 0.379. The molecule has 8 nitrogen and oxygen atoms in total. The van der Waals surface area contributed by atoms with Gasteiger partial charge < -0.3 is 14.8 Å². The molecule has 0 aliphatic carbocycles. The number of halogens is 6. The summed E-state index contributed by atoms with van der Waals surface area (Å²) in [6.45, 7) is 13.1. The maximum absolute atomic E-state index is 10.6. The molecule has 0 fully saturated rings. The molecule has 0 bridgehead atoms. The van der Waals surface area contributed by atoms with E-state index in [0.717, 1.165) is 26.2 Å². The van der Waals surface area contributed by atoms with Crippen molar-refractivity contribution in [3.8, 4) is 0 Å². The lowest BCUT2D eigenvalue weighted by atomic mass is 10.2. The van der Waals surface area contributed by atoms with Crippen molar-refractivity contribution in [1.29, 1.82) is 0 Å². The number of carbonyl (C=O) groups is 2. The van der Waals surface area contributed by atoms with Gasteiger partial charge in [0, 0.05) is 48.2 Å². The number of fused-ring (bicyclic) bond motifs is 1. The summed E-state index contributed by atoms with van der Waals surface area (Å²) >= 11 is 1.91. The number of carboxylic acids is 2. The van der Waals surface area contributed by atoms with E-state index in [0.29, 0.717) is 12.1 Å². The lowest BCUT2D eigenvalue weighted by molar-refractivity contribution is -0.193. The van der Waals surface area contributed by atoms with Crippen molar-refractivity contribution >= 4 is 23.3 Å². The molecule has 1 atom stereocenters. The summed E-state index contributed by atoms with van der Waals surface area (Å²) in [7, 11) is 2.18. The third-order valence-corrected chi connectivity index (χ3v) is 6.42. The molecule has 15 heteroatoms. The summed E-state index contributed by atoms with van der Waals surface area (Å²) in [6, 6.07) is 5.41. The van der Waals surface area contributed by atoms with Gasteiger partial charge in [0.05, 0.1) is 11.7 Å². The second kappa shape index (κ2) is 13.2. The quantitative estimate of drug-likeness (QED) is 0.500. The van der Waals surface area contributed by atoms with E-state index in [1.807, 2.05) is 11.3 Å². The van der Waals surface area contributed by atoms with Gasteiger partial charge in [0.15, 0.2) is 0 Å². The van der Waals surface area contributed by atoms with Crippen molar-refractivity contribution < 1.29 is 46.1 Å². The Labute approximate surface area is 214 Å². The van der Waals surface area contributed by atoms with E-state index in [1.165, 1.54) is 21.3 Å². The zero-order chi connectivity index (χ0) is 28.7. The smallest absolute Gasteiger partial charge is 0.475 e. The number of aromatic nitrogens is 2. The third-order valence-electron chi connectivity index (χ3n) is 5.43. The third kappa shape index (κ3) is 10.3. The lowest BCUT2D eigenvalue weighted by Crippen LogP contribution is -2.37. The molecule has 0 aromatic carbocycles. The van der Waals surface area contributed by atoms with Gasteiger partial charge in [0.1, 0.15) is 5.82 Å². The first-order chi connectivity index (χ1) is 16.8. The molecule has 2 aromatic heterocycles. The molecule has 2 N–H and O–H groups in total. The molecular weight excluding hydrogens is 530 g/mol. The SMILES string of the molecule is Cc1ccc(CN2CCn3c(CN(C)C(C)C)cnc3C2C)s1.O=C(O)C(F)(F)F.O=C(O)C(F)(F)F. The van der Waals surface area contributed by atoms with Gasteiger partial charge in [0.25, 0.3) is 0 Å². The van der Waals surface area contributed by atoms with E-state index in [1.54, 1.807) is 0 Å². The summed E-state index contributed by atoms with van der Waals surface area (Å²) in [4.78, 5) is 30.3. The minimum atomic E-state index is -5.08. The maximum atomic E-state index is 10.6. The largest absolute Gasteiger partial charge is 0.490 e. The second-order valence-electron chi connectivity index (χ2n) is 8.53. The Morgan fingerprint density at radius 2 is 1.62 bits per heavy atom. The number of alkyl halides is 6. The molecule has 2 aromatic rings. The summed E-state index contributed by atoms with van der Waals surface area (Å²) in [5.41, 5.74) is 1.34. The Morgan fingerprint density at radius 3 is 2.03 bits per heavy atom. The molecule has 1 aliphatic heterocycles. The summed E-state index contributed by atoms with van der Waals surface area (Å²) in [6.07, 6.45) is -8.09. The minimum Gasteiger partial charge on any atom is -0.475 e. The van der Waals surface area contributed by atoms with Gasteiger partial charge in [-0.05, 0) is 46.9 Å². The summed E-state index contributed by atoms with van der Waals surface area (Å²) in [5, 5.41) is 14.2. The number of carboxylic acid groups (broad SMARTS) is 2. The Morgan fingerprint density at radius 1 is 1.11 bits per heavy atom. The van der Waals surface area contributed by atoms with Crippen molar-refractivity contribution in [2.45, 2.75) is 71.8 Å². The topological polar surface area (TPSA) is 98.9 Å². The Kier molecular flexibility index (Phi) is 11.6. The van der Waals surface area contributed by atoms with Crippen LogP contribution in [-0.4, -0.2) is 73.5 Å². The molecule has 1 unspecified atom stereocenters. The van der Waals surface area contributed by atoms with Gasteiger partial charge in [-0.25, -0.2) is 14.6 Å². The maximum Gasteiger partial charge on any atom is 0.490 e. The van der Waals surface area contributed by atoms with Crippen molar-refractivity contribution in [3.05, 3.63) is 39.6 Å². The molecular formula is C22H30F6N4O4S. The van der Waals surface area contributed by atoms with E-state index in [4.69, 9.17) is 24.8 Å². The van der Waals surface area contributed by atoms with Gasteiger partial charge in [-0.15, -0.1) is 11.3 Å². The van der Waals surface area contributed by atoms with Crippen molar-refractivity contribution in [2.75, 3.05) is 13.6 Å². The van der Waals surface area contributed by atoms with E-state index in [-0.39, 0.29) is 0 Å². The highest BCUT2D eigenvalue weighted by Crippen LogP contribution is 2.29. The van der Waals surface area contributed by atoms with Crippen LogP contribution < -0.4 is 0 Å². The number of aliphatic carboxylic acids is 2. The number of hydrogen-bond donors (Lipinski definition) is 2. The fourth-order valence-corrected chi connectivity index (χ4v) is 4.07. The van der Waals surface area contributed by atoms with Crippen LogP contribution in [0.5, 0.6) is 0 Å². The van der Waals surface area contributed by atoms with Crippen LogP contribution in [0.15, 0.2) is 18.3 Å². The first-order valence-corrected chi connectivity index (χ1v) is 11.8. The molecule has 3 rings (SSSR count). The lowest BCUT2D eigenvalue weighted by Gasteiger charge is -2.34. The monoisotopic (exact) mass is 560 g/mol. The number of rotatable bonds is 5. The zero-order valence-corrected chi connectivity index (χ0v) is 21.7. The first kappa shape index (κ1) is 32.4. The number of aryl methyl sites for hydroxylation is 1. The van der Waals surface area contributed by atoms with Crippen molar-refractivity contribution in [3.63, 3.8) is 0 Å². The van der Waals surface area contributed by atoms with Crippen molar-refractivity contribution in [2.24, 2.45) is 0 Å². The van der Waals surface area contributed by atoms with Crippen LogP contribution in [0, 0.1) is 6.92 Å². The number of imidazole rings is 1. The first-order valence-electron chi connectivity index (χ1n) is 11.0. The molecule has 3 heterocycles. The van der Waals surface area contributed by atoms with Gasteiger partial charge in [0.2, 0.25) is 0 Å². The summed E-state index contributed by atoms with van der Waals surface area (Å²) in [5.74, 6) is -4.29. The van der Waals surface area contributed by atoms with Crippen LogP contribution in [0.1, 0.15) is 48.1 Å². The van der Waals surface area contributed by atoms with Gasteiger partial charge >= 0.3 is 24.3 Å². The average Bonchev–Trinajstić information content (AvgIpc) is 3.35. The Hall–Kier alpha value is -2.65. The molecule has 0 radical (unpaired) electrons. The van der Waals surface area contributed by atoms with E-state index in [9.17, 15) is 26.3 Å². The van der Waals surface area contributed by atoms with Crippen LogP contribution in [0.2, 0.25) is 0 Å². The molecule has 37 heavy (non-hydrogen) atoms. The van der Waals surface area contributed by atoms with E-state index in [2.05, 4.69) is 67.4 Å². The highest BCUT2D eigenvalue weighted by atomic mass is 32.1. The average molecular weight is 561 g/mol. The van der Waals surface area contributed by atoms with Crippen LogP contribution in [0.4, 0.5) is 26.3 Å². The predicted octanol–water partition coefficient (Wildman–Crippen LogP) is 4.94. The van der Waals surface area contributed by atoms with Crippen LogP contribution in [0.25, 0.3) is 0 Å². The number of nitrogens with zero attached hydrogens (tertiary/aromatic N) is 4. The molecule has 0 spiro atoms. The predicted molar refractivity (Wildman–Crippen MR) is 124 cm³/mol. The Balaban J connectivity index is 0.000000404. The van der Waals surface area contributed by atoms with E-state index < -0.39 is 24.3 Å². The number of thiophene rings is 1. The Bertz CT molecular complexity index is 1010. The second-order valence-corrected chi connectivity index (χ2v) is 9.91.